The molecule has 0 saturated carbocycles. The molecule has 0 heterocycles. The van der Waals surface area contributed by atoms with E-state index in [9.17, 15) is 14.3 Å². The molecule has 54 heavy (non-hydrogen) atoms. The molecule has 0 aromatic heterocycles. The Morgan fingerprint density at radius 1 is 0.519 bits per heavy atom. The first-order valence-electron chi connectivity index (χ1n) is 23.6. The zero-order valence-corrected chi connectivity index (χ0v) is 37.2. The van der Waals surface area contributed by atoms with Gasteiger partial charge in [0.1, 0.15) is 0 Å². The lowest BCUT2D eigenvalue weighted by atomic mass is 10.0. The molecule has 2 atom stereocenters. The summed E-state index contributed by atoms with van der Waals surface area (Å²) >= 11 is 0. The summed E-state index contributed by atoms with van der Waals surface area (Å²) in [6.07, 6.45) is 43.2. The van der Waals surface area contributed by atoms with Crippen LogP contribution in [0.1, 0.15) is 233 Å². The highest BCUT2D eigenvalue weighted by Crippen LogP contribution is 2.43. The molecule has 9 heteroatoms. The van der Waals surface area contributed by atoms with Crippen molar-refractivity contribution in [1.82, 2.24) is 4.90 Å². The predicted octanol–water partition coefficient (Wildman–Crippen LogP) is 13.5. The molecule has 0 bridgehead atoms. The highest BCUT2D eigenvalue weighted by molar-refractivity contribution is 7.47. The van der Waals surface area contributed by atoms with Gasteiger partial charge >= 0.3 is 7.82 Å². The fourth-order valence-corrected chi connectivity index (χ4v) is 7.96. The molecule has 0 radical (unpaired) electrons. The van der Waals surface area contributed by atoms with Crippen molar-refractivity contribution in [3.05, 3.63) is 0 Å². The van der Waals surface area contributed by atoms with E-state index in [4.69, 9.17) is 19.5 Å². The minimum Gasteiger partial charge on any atom is -0.378 e. The maximum absolute atomic E-state index is 13.5. The Labute approximate surface area is 336 Å². The molecule has 324 valence electrons. The van der Waals surface area contributed by atoms with Crippen LogP contribution >= 0.6 is 7.82 Å². The van der Waals surface area contributed by atoms with Crippen molar-refractivity contribution in [3.63, 3.8) is 0 Å². The van der Waals surface area contributed by atoms with Crippen LogP contribution in [-0.2, 0) is 23.1 Å². The molecule has 3 N–H and O–H groups in total. The first-order valence-corrected chi connectivity index (χ1v) is 25.1. The number of phosphoric acid groups is 1. The molecule has 2 unspecified atom stereocenters. The summed E-state index contributed by atoms with van der Waals surface area (Å²) < 4.78 is 27.5. The fraction of sp³-hybridized carbons (Fsp3) is 0.978. The Hall–Kier alpha value is -0.500. The van der Waals surface area contributed by atoms with E-state index in [2.05, 4.69) is 18.7 Å². The fourth-order valence-electron chi connectivity index (χ4n) is 7.25. The molecular weight excluding hydrogens is 695 g/mol. The van der Waals surface area contributed by atoms with Crippen LogP contribution in [0, 0.1) is 5.92 Å². The molecule has 0 rings (SSSR count). The van der Waals surface area contributed by atoms with Crippen LogP contribution in [0.25, 0.3) is 0 Å². The Morgan fingerprint density at radius 3 is 1.17 bits per heavy atom. The van der Waals surface area contributed by atoms with Gasteiger partial charge in [-0.3, -0.25) is 13.8 Å². The number of hydrogen-bond acceptors (Lipinski definition) is 6. The summed E-state index contributed by atoms with van der Waals surface area (Å²) in [5.74, 6) is -0.149. The van der Waals surface area contributed by atoms with Crippen LogP contribution in [0.5, 0.6) is 0 Å². The Kier molecular flexibility index (Phi) is 41.7. The second kappa shape index (κ2) is 42.1. The third-order valence-corrected chi connectivity index (χ3v) is 11.9. The molecule has 0 aliphatic rings. The maximum atomic E-state index is 13.5. The predicted molar refractivity (Wildman–Crippen MR) is 231 cm³/mol. The van der Waals surface area contributed by atoms with Gasteiger partial charge in [-0.1, -0.05) is 213 Å². The minimum absolute atomic E-state index is 0.00369. The normalized spacial score (nSPS) is 13.4. The van der Waals surface area contributed by atoms with Crippen molar-refractivity contribution >= 4 is 13.7 Å². The van der Waals surface area contributed by atoms with Gasteiger partial charge in [0, 0.05) is 25.6 Å². The summed E-state index contributed by atoms with van der Waals surface area (Å²) in [4.78, 5) is 25.6. The summed E-state index contributed by atoms with van der Waals surface area (Å²) in [5.41, 5.74) is 5.38. The van der Waals surface area contributed by atoms with E-state index < -0.39 is 7.82 Å². The second-order valence-electron chi connectivity index (χ2n) is 16.2. The van der Waals surface area contributed by atoms with E-state index in [1.807, 2.05) is 6.92 Å². The van der Waals surface area contributed by atoms with Gasteiger partial charge in [-0.15, -0.1) is 0 Å². The van der Waals surface area contributed by atoms with Crippen LogP contribution < -0.4 is 5.73 Å². The first kappa shape index (κ1) is 53.5. The van der Waals surface area contributed by atoms with Crippen LogP contribution in [0.15, 0.2) is 0 Å². The summed E-state index contributed by atoms with van der Waals surface area (Å²) in [6.45, 7) is 8.94. The van der Waals surface area contributed by atoms with Crippen molar-refractivity contribution in [2.24, 2.45) is 11.7 Å². The van der Waals surface area contributed by atoms with Crippen molar-refractivity contribution in [1.29, 1.82) is 0 Å². The Morgan fingerprint density at radius 2 is 0.833 bits per heavy atom. The van der Waals surface area contributed by atoms with E-state index in [-0.39, 0.29) is 31.6 Å². The van der Waals surface area contributed by atoms with Crippen molar-refractivity contribution < 1.29 is 28.0 Å². The van der Waals surface area contributed by atoms with Gasteiger partial charge in [-0.2, -0.15) is 0 Å². The molecule has 0 fully saturated rings. The molecule has 0 aromatic rings. The lowest BCUT2D eigenvalue weighted by Crippen LogP contribution is -2.37. The molecule has 8 nitrogen and oxygen atoms in total. The summed E-state index contributed by atoms with van der Waals surface area (Å²) in [7, 11) is -4.18. The van der Waals surface area contributed by atoms with Gasteiger partial charge in [-0.25, -0.2) is 4.57 Å². The number of unbranched alkanes of at least 4 members (excludes halogenated alkanes) is 30. The second-order valence-corrected chi connectivity index (χ2v) is 17.6. The molecule has 0 aromatic carbocycles. The van der Waals surface area contributed by atoms with Crippen LogP contribution in [0.4, 0.5) is 0 Å². The number of amides is 1. The highest BCUT2D eigenvalue weighted by Gasteiger charge is 2.24. The van der Waals surface area contributed by atoms with E-state index in [0.717, 1.165) is 38.8 Å². The number of ether oxygens (including phenoxy) is 1. The quantitative estimate of drug-likeness (QED) is 0.0467. The Bertz CT molecular complexity index is 783. The van der Waals surface area contributed by atoms with E-state index in [0.29, 0.717) is 19.6 Å². The summed E-state index contributed by atoms with van der Waals surface area (Å²) in [6, 6.07) is 0. The van der Waals surface area contributed by atoms with E-state index >= 15 is 0 Å². The lowest BCUT2D eigenvalue weighted by Gasteiger charge is -2.26. The number of rotatable bonds is 45. The van der Waals surface area contributed by atoms with Gasteiger partial charge in [-0.05, 0) is 19.3 Å². The first-order chi connectivity index (χ1) is 26.4. The van der Waals surface area contributed by atoms with Gasteiger partial charge in [0.05, 0.1) is 26.4 Å². The molecule has 0 aliphatic heterocycles. The maximum Gasteiger partial charge on any atom is 0.472 e. The zero-order valence-electron chi connectivity index (χ0n) is 36.3. The van der Waals surface area contributed by atoms with Crippen LogP contribution in [-0.4, -0.2) is 61.8 Å². The summed E-state index contributed by atoms with van der Waals surface area (Å²) in [5, 5.41) is 0. The van der Waals surface area contributed by atoms with Crippen molar-refractivity contribution in [2.75, 3.05) is 46.1 Å². The van der Waals surface area contributed by atoms with Crippen LogP contribution in [0.2, 0.25) is 0 Å². The third kappa shape index (κ3) is 38.4. The molecule has 0 saturated heterocycles. The number of nitrogens with two attached hydrogens (primary N) is 1. The van der Waals surface area contributed by atoms with Gasteiger partial charge in [0.15, 0.2) is 0 Å². The van der Waals surface area contributed by atoms with Gasteiger partial charge in [0.2, 0.25) is 5.91 Å². The van der Waals surface area contributed by atoms with E-state index in [1.54, 1.807) is 0 Å². The highest BCUT2D eigenvalue weighted by atomic mass is 31.2. The number of carbonyl (C=O) groups is 1. The van der Waals surface area contributed by atoms with E-state index in [1.165, 1.54) is 180 Å². The van der Waals surface area contributed by atoms with Crippen LogP contribution in [0.3, 0.4) is 0 Å². The number of nitrogens with zero attached hydrogens (tertiary/aromatic N) is 1. The molecule has 0 spiro atoms. The number of carbonyl (C=O) groups excluding carboxylic acids is 1. The monoisotopic (exact) mass is 789 g/mol. The number of hydrogen-bond donors (Lipinski definition) is 2. The Balaban J connectivity index is 4.34. The van der Waals surface area contributed by atoms with Crippen molar-refractivity contribution in [2.45, 2.75) is 233 Å². The average Bonchev–Trinajstić information content (AvgIpc) is 3.16. The lowest BCUT2D eigenvalue weighted by molar-refractivity contribution is -0.135. The minimum atomic E-state index is -4.18. The SMILES string of the molecule is CCCCCCCCCCCCCCCCCCN(CCCCCCCCCCCCCCCCCC)C(=O)C(C)CCOP(=O)(O)OCCOCCN. The number of phosphoric ester groups is 1. The average molecular weight is 789 g/mol. The largest absolute Gasteiger partial charge is 0.472 e. The standard InChI is InChI=1S/C45H93N2O6P/c1-4-6-8-10-12-14-16-18-20-22-24-26-28-30-32-34-38-47(45(48)44(3)36-40-52-54(49,50)53-43-42-51-41-37-46)39-35-33-31-29-27-25-23-21-19-17-15-13-11-9-7-5-2/h44H,4-43,46H2,1-3H3,(H,49,50). The van der Waals surface area contributed by atoms with Crippen molar-refractivity contribution in [3.8, 4) is 0 Å². The molecule has 0 aliphatic carbocycles. The van der Waals surface area contributed by atoms with Gasteiger partial charge in [0.25, 0.3) is 0 Å². The molecular formula is C45H93N2O6P. The zero-order chi connectivity index (χ0) is 39.6. The van der Waals surface area contributed by atoms with Gasteiger partial charge < -0.3 is 20.3 Å². The topological polar surface area (TPSA) is 111 Å². The molecule has 1 amide bonds. The third-order valence-electron chi connectivity index (χ3n) is 10.8. The smallest absolute Gasteiger partial charge is 0.378 e.